The van der Waals surface area contributed by atoms with E-state index in [0.29, 0.717) is 16.6 Å². The number of benzene rings is 1. The monoisotopic (exact) mass is 327 g/mol. The molecule has 112 valence electrons. The average Bonchev–Trinajstić information content (AvgIpc) is 2.99. The highest BCUT2D eigenvalue weighted by Gasteiger charge is 2.47. The van der Waals surface area contributed by atoms with Crippen molar-refractivity contribution in [3.8, 4) is 0 Å². The fourth-order valence-corrected chi connectivity index (χ4v) is 2.99. The minimum Gasteiger partial charge on any atom is -0.339 e. The first-order valence-corrected chi connectivity index (χ1v) is 7.39. The van der Waals surface area contributed by atoms with Crippen LogP contribution in [0.4, 0.5) is 0 Å². The van der Waals surface area contributed by atoms with Gasteiger partial charge < -0.3 is 9.47 Å². The van der Waals surface area contributed by atoms with Crippen molar-refractivity contribution in [1.29, 1.82) is 0 Å². The lowest BCUT2D eigenvalue weighted by atomic mass is 10.1. The molecule has 1 aliphatic heterocycles. The number of rotatable bonds is 3. The van der Waals surface area contributed by atoms with Crippen molar-refractivity contribution in [1.82, 2.24) is 14.8 Å². The first-order valence-electron chi connectivity index (χ1n) is 6.64. The van der Waals surface area contributed by atoms with E-state index in [1.165, 1.54) is 6.33 Å². The van der Waals surface area contributed by atoms with E-state index in [9.17, 15) is 0 Å². The zero-order valence-corrected chi connectivity index (χ0v) is 13.2. The quantitative estimate of drug-likeness (QED) is 0.868. The minimum absolute atomic E-state index is 0.0553. The molecule has 1 aromatic carbocycles. The molecule has 1 aromatic heterocycles. The van der Waals surface area contributed by atoms with Crippen LogP contribution in [0.15, 0.2) is 30.9 Å². The van der Waals surface area contributed by atoms with E-state index in [1.807, 2.05) is 19.9 Å². The standard InChI is InChI=1S/C14H15Cl2N3O2/c1-9-10(2)21-14(20-9,6-19-8-17-7-18-19)12-4-3-11(15)5-13(12)16/h3-5,7-10H,6H2,1-2H3/t9-,10+,14+. The zero-order chi connectivity index (χ0) is 15.0. The van der Waals surface area contributed by atoms with Crippen molar-refractivity contribution in [2.45, 2.75) is 38.4 Å². The van der Waals surface area contributed by atoms with Crippen LogP contribution in [0, 0.1) is 0 Å². The predicted molar refractivity (Wildman–Crippen MR) is 79.3 cm³/mol. The molecular weight excluding hydrogens is 313 g/mol. The number of aromatic nitrogens is 3. The first-order chi connectivity index (χ1) is 10.00. The number of hydrogen-bond acceptors (Lipinski definition) is 4. The van der Waals surface area contributed by atoms with Crippen LogP contribution in [0.5, 0.6) is 0 Å². The third-order valence-electron chi connectivity index (χ3n) is 3.59. The number of nitrogens with zero attached hydrogens (tertiary/aromatic N) is 3. The van der Waals surface area contributed by atoms with Gasteiger partial charge in [0, 0.05) is 10.6 Å². The Bertz CT molecular complexity index is 623. The molecular formula is C14H15Cl2N3O2. The molecule has 0 saturated carbocycles. The fraction of sp³-hybridized carbons (Fsp3) is 0.429. The van der Waals surface area contributed by atoms with Gasteiger partial charge in [0.2, 0.25) is 5.79 Å². The molecule has 0 N–H and O–H groups in total. The summed E-state index contributed by atoms with van der Waals surface area (Å²) < 4.78 is 13.9. The first kappa shape index (κ1) is 14.8. The molecule has 21 heavy (non-hydrogen) atoms. The molecule has 3 atom stereocenters. The van der Waals surface area contributed by atoms with Crippen molar-refractivity contribution in [2.24, 2.45) is 0 Å². The second-order valence-corrected chi connectivity index (χ2v) is 5.96. The molecule has 3 rings (SSSR count). The van der Waals surface area contributed by atoms with Crippen molar-refractivity contribution < 1.29 is 9.47 Å². The van der Waals surface area contributed by atoms with Gasteiger partial charge in [0.1, 0.15) is 19.2 Å². The van der Waals surface area contributed by atoms with Crippen molar-refractivity contribution in [3.63, 3.8) is 0 Å². The van der Waals surface area contributed by atoms with E-state index < -0.39 is 5.79 Å². The van der Waals surface area contributed by atoms with Gasteiger partial charge >= 0.3 is 0 Å². The summed E-state index contributed by atoms with van der Waals surface area (Å²) in [5.74, 6) is -0.992. The maximum atomic E-state index is 6.34. The van der Waals surface area contributed by atoms with Gasteiger partial charge in [-0.15, -0.1) is 0 Å². The fourth-order valence-electron chi connectivity index (χ4n) is 2.43. The largest absolute Gasteiger partial charge is 0.339 e. The molecule has 0 aliphatic carbocycles. The lowest BCUT2D eigenvalue weighted by Crippen LogP contribution is -2.34. The number of halogens is 2. The molecule has 7 heteroatoms. The van der Waals surface area contributed by atoms with Crippen LogP contribution in [0.3, 0.4) is 0 Å². The summed E-state index contributed by atoms with van der Waals surface area (Å²) in [5, 5.41) is 5.20. The summed E-state index contributed by atoms with van der Waals surface area (Å²) in [4.78, 5) is 3.95. The van der Waals surface area contributed by atoms with Crippen molar-refractivity contribution >= 4 is 23.2 Å². The molecule has 1 saturated heterocycles. The molecule has 1 aliphatic rings. The Morgan fingerprint density at radius 2 is 1.95 bits per heavy atom. The van der Waals surface area contributed by atoms with Gasteiger partial charge in [0.25, 0.3) is 0 Å². The maximum Gasteiger partial charge on any atom is 0.217 e. The van der Waals surface area contributed by atoms with Gasteiger partial charge in [-0.2, -0.15) is 5.10 Å². The summed E-state index contributed by atoms with van der Waals surface area (Å²) in [6.45, 7) is 4.30. The Labute approximate surface area is 132 Å². The van der Waals surface area contributed by atoms with Crippen molar-refractivity contribution in [3.05, 3.63) is 46.5 Å². The summed E-state index contributed by atoms with van der Waals surface area (Å²) in [6, 6.07) is 5.28. The molecule has 2 heterocycles. The van der Waals surface area contributed by atoms with Gasteiger partial charge in [-0.1, -0.05) is 29.3 Å². The highest BCUT2D eigenvalue weighted by Crippen LogP contribution is 2.42. The number of ether oxygens (including phenoxy) is 2. The lowest BCUT2D eigenvalue weighted by Gasteiger charge is -2.29. The third-order valence-corrected chi connectivity index (χ3v) is 4.14. The van der Waals surface area contributed by atoms with E-state index in [-0.39, 0.29) is 12.2 Å². The van der Waals surface area contributed by atoms with E-state index in [4.69, 9.17) is 32.7 Å². The average molecular weight is 328 g/mol. The van der Waals surface area contributed by atoms with Crippen molar-refractivity contribution in [2.75, 3.05) is 0 Å². The van der Waals surface area contributed by atoms with Gasteiger partial charge in [0.05, 0.1) is 17.2 Å². The second-order valence-electron chi connectivity index (χ2n) is 5.12. The molecule has 0 unspecified atom stereocenters. The van der Waals surface area contributed by atoms with Crippen LogP contribution in [0.1, 0.15) is 19.4 Å². The molecule has 0 radical (unpaired) electrons. The van der Waals surface area contributed by atoms with E-state index in [2.05, 4.69) is 10.1 Å². The Morgan fingerprint density at radius 1 is 1.24 bits per heavy atom. The highest BCUT2D eigenvalue weighted by atomic mass is 35.5. The summed E-state index contributed by atoms with van der Waals surface area (Å²) in [6.07, 6.45) is 2.98. The molecule has 0 amide bonds. The normalized spacial score (nSPS) is 29.0. The maximum absolute atomic E-state index is 6.34. The van der Waals surface area contributed by atoms with Crippen LogP contribution < -0.4 is 0 Å². The Balaban J connectivity index is 2.04. The lowest BCUT2D eigenvalue weighted by molar-refractivity contribution is -0.193. The zero-order valence-electron chi connectivity index (χ0n) is 11.7. The van der Waals surface area contributed by atoms with E-state index in [0.717, 1.165) is 5.56 Å². The third kappa shape index (κ3) is 2.79. The van der Waals surface area contributed by atoms with Crippen LogP contribution >= 0.6 is 23.2 Å². The van der Waals surface area contributed by atoms with Gasteiger partial charge in [-0.25, -0.2) is 9.67 Å². The Kier molecular flexibility index (Phi) is 3.92. The summed E-state index contributed by atoms with van der Waals surface area (Å²) in [5.41, 5.74) is 0.736. The Morgan fingerprint density at radius 3 is 2.52 bits per heavy atom. The van der Waals surface area contributed by atoms with Gasteiger partial charge in [0.15, 0.2) is 0 Å². The highest BCUT2D eigenvalue weighted by molar-refractivity contribution is 6.35. The van der Waals surface area contributed by atoms with E-state index in [1.54, 1.807) is 23.1 Å². The Hall–Kier alpha value is -1.14. The van der Waals surface area contributed by atoms with Crippen LogP contribution in [-0.4, -0.2) is 27.0 Å². The topological polar surface area (TPSA) is 49.2 Å². The summed E-state index contributed by atoms with van der Waals surface area (Å²) >= 11 is 12.3. The van der Waals surface area contributed by atoms with Crippen LogP contribution in [-0.2, 0) is 21.8 Å². The van der Waals surface area contributed by atoms with Gasteiger partial charge in [-0.05, 0) is 26.0 Å². The molecule has 5 nitrogen and oxygen atoms in total. The van der Waals surface area contributed by atoms with E-state index >= 15 is 0 Å². The SMILES string of the molecule is C[C@@H]1O[C@@](Cn2cncn2)(c2ccc(Cl)cc2Cl)O[C@@H]1C. The molecule has 2 aromatic rings. The number of hydrogen-bond donors (Lipinski definition) is 0. The van der Waals surface area contributed by atoms with Crippen LogP contribution in [0.25, 0.3) is 0 Å². The predicted octanol–water partition coefficient (Wildman–Crippen LogP) is 3.26. The van der Waals surface area contributed by atoms with Crippen LogP contribution in [0.2, 0.25) is 10.0 Å². The second kappa shape index (κ2) is 5.57. The molecule has 0 bridgehead atoms. The smallest absolute Gasteiger partial charge is 0.217 e. The minimum atomic E-state index is -0.992. The summed E-state index contributed by atoms with van der Waals surface area (Å²) in [7, 11) is 0. The molecule has 1 fully saturated rings. The molecule has 0 spiro atoms. The van der Waals surface area contributed by atoms with Gasteiger partial charge in [-0.3, -0.25) is 0 Å².